The molecule has 3 aromatic rings. The van der Waals surface area contributed by atoms with E-state index in [0.29, 0.717) is 6.54 Å². The fourth-order valence-electron chi connectivity index (χ4n) is 1.94. The van der Waals surface area contributed by atoms with Gasteiger partial charge in [-0.3, -0.25) is 0 Å². The number of nitrogens with two attached hydrogens (primary N) is 1. The van der Waals surface area contributed by atoms with Gasteiger partial charge in [-0.25, -0.2) is 14.6 Å². The van der Waals surface area contributed by atoms with Crippen LogP contribution in [0.5, 0.6) is 0 Å². The predicted octanol–water partition coefficient (Wildman–Crippen LogP) is 1.22. The third-order valence-electron chi connectivity index (χ3n) is 3.03. The molecule has 0 aliphatic heterocycles. The molecule has 18 heavy (non-hydrogen) atoms. The van der Waals surface area contributed by atoms with Crippen LogP contribution in [0.1, 0.15) is 24.4 Å². The highest BCUT2D eigenvalue weighted by atomic mass is 15.3. The lowest BCUT2D eigenvalue weighted by Crippen LogP contribution is -2.08. The van der Waals surface area contributed by atoms with E-state index in [1.165, 1.54) is 6.33 Å². The molecule has 0 radical (unpaired) electrons. The Morgan fingerprint density at radius 3 is 3.06 bits per heavy atom. The Kier molecular flexibility index (Phi) is 2.56. The Bertz CT molecular complexity index is 654. The number of benzene rings is 1. The molecule has 0 spiro atoms. The van der Waals surface area contributed by atoms with Gasteiger partial charge < -0.3 is 10.7 Å². The molecule has 1 unspecified atom stereocenters. The summed E-state index contributed by atoms with van der Waals surface area (Å²) in [7, 11) is 0. The molecule has 0 aliphatic carbocycles. The van der Waals surface area contributed by atoms with Crippen molar-refractivity contribution in [2.24, 2.45) is 5.73 Å². The number of hydrogen-bond donors (Lipinski definition) is 2. The van der Waals surface area contributed by atoms with Crippen molar-refractivity contribution in [2.75, 3.05) is 0 Å². The molecule has 0 saturated heterocycles. The standard InChI is InChI=1S/C12H14N6/c1-8(18-7-14-6-15-18)12-16-10-3-2-9(5-13)4-11(10)17-12/h2-4,6-8H,5,13H2,1H3,(H,16,17). The van der Waals surface area contributed by atoms with E-state index >= 15 is 0 Å². The molecule has 6 heteroatoms. The zero-order chi connectivity index (χ0) is 12.5. The molecule has 0 aliphatic rings. The fraction of sp³-hybridized carbons (Fsp3) is 0.250. The Hall–Kier alpha value is -2.21. The summed E-state index contributed by atoms with van der Waals surface area (Å²) in [6.45, 7) is 2.55. The first-order valence-electron chi connectivity index (χ1n) is 5.80. The zero-order valence-electron chi connectivity index (χ0n) is 10.0. The molecule has 0 fully saturated rings. The van der Waals surface area contributed by atoms with Crippen LogP contribution in [-0.2, 0) is 6.54 Å². The van der Waals surface area contributed by atoms with Crippen molar-refractivity contribution >= 4 is 11.0 Å². The Labute approximate surface area is 104 Å². The van der Waals surface area contributed by atoms with Crippen LogP contribution >= 0.6 is 0 Å². The second-order valence-electron chi connectivity index (χ2n) is 4.23. The number of rotatable bonds is 3. The maximum atomic E-state index is 5.63. The van der Waals surface area contributed by atoms with Gasteiger partial charge in [-0.1, -0.05) is 6.07 Å². The van der Waals surface area contributed by atoms with Gasteiger partial charge >= 0.3 is 0 Å². The number of nitrogens with one attached hydrogen (secondary N) is 1. The summed E-state index contributed by atoms with van der Waals surface area (Å²) in [6, 6.07) is 6.03. The molecule has 0 amide bonds. The Morgan fingerprint density at radius 2 is 2.33 bits per heavy atom. The summed E-state index contributed by atoms with van der Waals surface area (Å²) >= 11 is 0. The van der Waals surface area contributed by atoms with E-state index in [1.807, 2.05) is 25.1 Å². The minimum atomic E-state index is 0.0289. The number of aromatic nitrogens is 5. The second-order valence-corrected chi connectivity index (χ2v) is 4.23. The first-order valence-corrected chi connectivity index (χ1v) is 5.80. The van der Waals surface area contributed by atoms with Gasteiger partial charge in [0.1, 0.15) is 24.5 Å². The number of fused-ring (bicyclic) bond motifs is 1. The lowest BCUT2D eigenvalue weighted by atomic mass is 10.2. The van der Waals surface area contributed by atoms with Gasteiger partial charge in [0.2, 0.25) is 0 Å². The van der Waals surface area contributed by atoms with Gasteiger partial charge in [0.25, 0.3) is 0 Å². The summed E-state index contributed by atoms with van der Waals surface area (Å²) in [5, 5.41) is 4.12. The van der Waals surface area contributed by atoms with E-state index in [0.717, 1.165) is 22.4 Å². The van der Waals surface area contributed by atoms with E-state index < -0.39 is 0 Å². The van der Waals surface area contributed by atoms with Gasteiger partial charge in [-0.05, 0) is 24.6 Å². The molecule has 2 heterocycles. The van der Waals surface area contributed by atoms with Crippen LogP contribution in [0, 0.1) is 0 Å². The van der Waals surface area contributed by atoms with Gasteiger partial charge in [0.15, 0.2) is 0 Å². The first kappa shape index (κ1) is 10.9. The van der Waals surface area contributed by atoms with Crippen molar-refractivity contribution in [1.29, 1.82) is 0 Å². The summed E-state index contributed by atoms with van der Waals surface area (Å²) in [4.78, 5) is 11.8. The molecule has 3 rings (SSSR count). The third-order valence-corrected chi connectivity index (χ3v) is 3.03. The van der Waals surface area contributed by atoms with Crippen LogP contribution in [0.4, 0.5) is 0 Å². The number of imidazole rings is 1. The van der Waals surface area contributed by atoms with Crippen molar-refractivity contribution < 1.29 is 0 Å². The van der Waals surface area contributed by atoms with Crippen molar-refractivity contribution in [3.63, 3.8) is 0 Å². The highest BCUT2D eigenvalue weighted by Gasteiger charge is 2.13. The van der Waals surface area contributed by atoms with E-state index in [-0.39, 0.29) is 6.04 Å². The molecule has 0 saturated carbocycles. The molecule has 0 bridgehead atoms. The molecular formula is C12H14N6. The topological polar surface area (TPSA) is 85.4 Å². The van der Waals surface area contributed by atoms with E-state index in [2.05, 4.69) is 20.1 Å². The van der Waals surface area contributed by atoms with Crippen LogP contribution in [0.15, 0.2) is 30.9 Å². The van der Waals surface area contributed by atoms with Crippen molar-refractivity contribution in [1.82, 2.24) is 24.7 Å². The molecule has 1 atom stereocenters. The SMILES string of the molecule is CC(c1nc2ccc(CN)cc2[nH]1)n1cncn1. The summed E-state index contributed by atoms with van der Waals surface area (Å²) in [5.74, 6) is 0.865. The van der Waals surface area contributed by atoms with Crippen molar-refractivity contribution in [3.05, 3.63) is 42.2 Å². The maximum Gasteiger partial charge on any atom is 0.137 e. The lowest BCUT2D eigenvalue weighted by molar-refractivity contribution is 0.541. The summed E-state index contributed by atoms with van der Waals surface area (Å²) in [5.41, 5.74) is 8.66. The number of H-pyrrole nitrogens is 1. The average Bonchev–Trinajstić information content (AvgIpc) is 3.05. The van der Waals surface area contributed by atoms with Crippen LogP contribution in [0.3, 0.4) is 0 Å². The van der Waals surface area contributed by atoms with Crippen LogP contribution < -0.4 is 5.73 Å². The van der Waals surface area contributed by atoms with Crippen LogP contribution in [0.25, 0.3) is 11.0 Å². The number of aromatic amines is 1. The molecule has 6 nitrogen and oxygen atoms in total. The van der Waals surface area contributed by atoms with Crippen molar-refractivity contribution in [3.8, 4) is 0 Å². The number of nitrogens with zero attached hydrogens (tertiary/aromatic N) is 4. The van der Waals surface area contributed by atoms with E-state index in [4.69, 9.17) is 5.73 Å². The normalized spacial score (nSPS) is 13.0. The van der Waals surface area contributed by atoms with E-state index in [1.54, 1.807) is 11.0 Å². The van der Waals surface area contributed by atoms with Gasteiger partial charge in [0.05, 0.1) is 11.0 Å². The van der Waals surface area contributed by atoms with Gasteiger partial charge in [0, 0.05) is 6.54 Å². The Balaban J connectivity index is 2.03. The predicted molar refractivity (Wildman–Crippen MR) is 67.8 cm³/mol. The largest absolute Gasteiger partial charge is 0.340 e. The van der Waals surface area contributed by atoms with Crippen molar-refractivity contribution in [2.45, 2.75) is 19.5 Å². The van der Waals surface area contributed by atoms with Crippen LogP contribution in [0.2, 0.25) is 0 Å². The lowest BCUT2D eigenvalue weighted by Gasteiger charge is -2.06. The monoisotopic (exact) mass is 242 g/mol. The molecule has 92 valence electrons. The minimum absolute atomic E-state index is 0.0289. The van der Waals surface area contributed by atoms with Gasteiger partial charge in [-0.2, -0.15) is 5.10 Å². The Morgan fingerprint density at radius 1 is 1.44 bits per heavy atom. The minimum Gasteiger partial charge on any atom is -0.340 e. The molecule has 3 N–H and O–H groups in total. The van der Waals surface area contributed by atoms with Crippen LogP contribution in [-0.4, -0.2) is 24.7 Å². The second kappa shape index (κ2) is 4.23. The maximum absolute atomic E-state index is 5.63. The molecule has 2 aromatic heterocycles. The number of hydrogen-bond acceptors (Lipinski definition) is 4. The van der Waals surface area contributed by atoms with E-state index in [9.17, 15) is 0 Å². The average molecular weight is 242 g/mol. The highest BCUT2D eigenvalue weighted by Crippen LogP contribution is 2.19. The highest BCUT2D eigenvalue weighted by molar-refractivity contribution is 5.75. The fourth-order valence-corrected chi connectivity index (χ4v) is 1.94. The van der Waals surface area contributed by atoms with Gasteiger partial charge in [-0.15, -0.1) is 0 Å². The summed E-state index contributed by atoms with van der Waals surface area (Å²) in [6.07, 6.45) is 3.20. The third kappa shape index (κ3) is 1.76. The zero-order valence-corrected chi connectivity index (χ0v) is 10.0. The molecule has 1 aromatic carbocycles. The molecular weight excluding hydrogens is 228 g/mol. The smallest absolute Gasteiger partial charge is 0.137 e. The first-order chi connectivity index (χ1) is 8.78. The summed E-state index contributed by atoms with van der Waals surface area (Å²) < 4.78 is 1.77. The quantitative estimate of drug-likeness (QED) is 0.723.